The van der Waals surface area contributed by atoms with Gasteiger partial charge in [0.1, 0.15) is 10.7 Å². The van der Waals surface area contributed by atoms with E-state index in [2.05, 4.69) is 0 Å². The molecule has 7 heteroatoms. The first-order valence-corrected chi connectivity index (χ1v) is 6.59. The number of hydrogen-bond acceptors (Lipinski definition) is 3. The predicted octanol–water partition coefficient (Wildman–Crippen LogP) is 4.00. The normalized spacial score (nSPS) is 10.9. The van der Waals surface area contributed by atoms with Crippen molar-refractivity contribution in [3.63, 3.8) is 0 Å². The van der Waals surface area contributed by atoms with Crippen molar-refractivity contribution in [1.29, 1.82) is 0 Å². The minimum atomic E-state index is -1.03. The number of benzene rings is 1. The molecule has 1 aromatic carbocycles. The van der Waals surface area contributed by atoms with Gasteiger partial charge in [0.05, 0.1) is 4.92 Å². The zero-order valence-corrected chi connectivity index (χ0v) is 12.2. The molecule has 0 saturated heterocycles. The Hall–Kier alpha value is -2.34. The van der Waals surface area contributed by atoms with E-state index >= 15 is 0 Å². The monoisotopic (exact) mass is 308 g/mol. The Bertz CT molecular complexity index is 722. The van der Waals surface area contributed by atoms with Gasteiger partial charge in [-0.1, -0.05) is 11.6 Å². The van der Waals surface area contributed by atoms with Crippen LogP contribution in [0.5, 0.6) is 0 Å². The predicted molar refractivity (Wildman–Crippen MR) is 78.9 cm³/mol. The zero-order chi connectivity index (χ0) is 15.7. The van der Waals surface area contributed by atoms with E-state index in [9.17, 15) is 20.0 Å². The fourth-order valence-electron chi connectivity index (χ4n) is 2.23. The molecule has 1 N–H and O–H groups in total. The molecule has 0 aliphatic rings. The molecule has 6 nitrogen and oxygen atoms in total. The molecule has 1 aromatic heterocycles. The first-order valence-electron chi connectivity index (χ1n) is 6.21. The number of nitro benzene ring substituents is 1. The number of halogens is 1. The SMILES string of the molecule is CC(C)n1c(C(=O)O)ccc1-c1ccc([N+](=O)[O-])c(Cl)c1. The number of aromatic nitrogens is 1. The number of hydrogen-bond donors (Lipinski definition) is 1. The van der Waals surface area contributed by atoms with Gasteiger partial charge in [0, 0.05) is 23.4 Å². The van der Waals surface area contributed by atoms with Crippen molar-refractivity contribution >= 4 is 23.3 Å². The highest BCUT2D eigenvalue weighted by Gasteiger charge is 2.19. The average molecular weight is 309 g/mol. The summed E-state index contributed by atoms with van der Waals surface area (Å²) in [5.74, 6) is -1.03. The van der Waals surface area contributed by atoms with Crippen LogP contribution >= 0.6 is 11.6 Å². The molecule has 0 radical (unpaired) electrons. The van der Waals surface area contributed by atoms with E-state index in [-0.39, 0.29) is 22.4 Å². The quantitative estimate of drug-likeness (QED) is 0.683. The first-order chi connectivity index (χ1) is 9.82. The fraction of sp³-hybridized carbons (Fsp3) is 0.214. The van der Waals surface area contributed by atoms with Crippen molar-refractivity contribution < 1.29 is 14.8 Å². The lowest BCUT2D eigenvalue weighted by molar-refractivity contribution is -0.384. The van der Waals surface area contributed by atoms with Crippen molar-refractivity contribution in [3.8, 4) is 11.3 Å². The topological polar surface area (TPSA) is 85.4 Å². The summed E-state index contributed by atoms with van der Waals surface area (Å²) >= 11 is 5.91. The second-order valence-corrected chi connectivity index (χ2v) is 5.20. The lowest BCUT2D eigenvalue weighted by Crippen LogP contribution is -2.11. The van der Waals surface area contributed by atoms with Crippen LogP contribution in [0.3, 0.4) is 0 Å². The summed E-state index contributed by atoms with van der Waals surface area (Å²) in [6.07, 6.45) is 0. The lowest BCUT2D eigenvalue weighted by Gasteiger charge is -2.15. The van der Waals surface area contributed by atoms with Crippen LogP contribution in [0.1, 0.15) is 30.4 Å². The summed E-state index contributed by atoms with van der Waals surface area (Å²) in [4.78, 5) is 21.5. The van der Waals surface area contributed by atoms with Crippen molar-refractivity contribution in [2.24, 2.45) is 0 Å². The third kappa shape index (κ3) is 2.75. The summed E-state index contributed by atoms with van der Waals surface area (Å²) in [5.41, 5.74) is 1.27. The molecule has 2 aromatic rings. The molecule has 0 fully saturated rings. The van der Waals surface area contributed by atoms with Crippen LogP contribution in [0, 0.1) is 10.1 Å². The Morgan fingerprint density at radius 1 is 1.33 bits per heavy atom. The van der Waals surface area contributed by atoms with Gasteiger partial charge in [-0.15, -0.1) is 0 Å². The number of nitrogens with zero attached hydrogens (tertiary/aromatic N) is 2. The van der Waals surface area contributed by atoms with Crippen LogP contribution in [0.4, 0.5) is 5.69 Å². The van der Waals surface area contributed by atoms with Crippen molar-refractivity contribution in [2.75, 3.05) is 0 Å². The molecule has 0 aliphatic heterocycles. The Labute approximate surface area is 125 Å². The Balaban J connectivity index is 2.60. The van der Waals surface area contributed by atoms with Gasteiger partial charge in [-0.25, -0.2) is 4.79 Å². The second kappa shape index (κ2) is 5.57. The fourth-order valence-corrected chi connectivity index (χ4v) is 2.48. The van der Waals surface area contributed by atoms with Gasteiger partial charge in [0.25, 0.3) is 5.69 Å². The maximum atomic E-state index is 11.2. The maximum absolute atomic E-state index is 11.2. The largest absolute Gasteiger partial charge is 0.477 e. The first kappa shape index (κ1) is 15.1. The molecule has 0 spiro atoms. The number of aromatic carboxylic acids is 1. The lowest BCUT2D eigenvalue weighted by atomic mass is 10.1. The summed E-state index contributed by atoms with van der Waals surface area (Å²) < 4.78 is 1.65. The second-order valence-electron chi connectivity index (χ2n) is 4.80. The van der Waals surface area contributed by atoms with Crippen LogP contribution in [0.25, 0.3) is 11.3 Å². The molecule has 0 amide bonds. The number of carboxylic acids is 1. The van der Waals surface area contributed by atoms with Gasteiger partial charge in [-0.2, -0.15) is 0 Å². The van der Waals surface area contributed by atoms with Crippen LogP contribution in [-0.4, -0.2) is 20.6 Å². The summed E-state index contributed by atoms with van der Waals surface area (Å²) in [6.45, 7) is 3.73. The van der Waals surface area contributed by atoms with E-state index in [0.29, 0.717) is 11.3 Å². The molecule has 110 valence electrons. The van der Waals surface area contributed by atoms with Crippen molar-refractivity contribution in [2.45, 2.75) is 19.9 Å². The van der Waals surface area contributed by atoms with E-state index in [1.165, 1.54) is 18.2 Å². The zero-order valence-electron chi connectivity index (χ0n) is 11.4. The molecule has 0 unspecified atom stereocenters. The summed E-state index contributed by atoms with van der Waals surface area (Å²) in [6, 6.07) is 7.45. The van der Waals surface area contributed by atoms with Crippen LogP contribution in [0.15, 0.2) is 30.3 Å². The molecule has 0 atom stereocenters. The van der Waals surface area contributed by atoms with Crippen molar-refractivity contribution in [3.05, 3.63) is 51.2 Å². The highest BCUT2D eigenvalue weighted by Crippen LogP contribution is 2.32. The van der Waals surface area contributed by atoms with Gasteiger partial charge in [0.15, 0.2) is 0 Å². The molecule has 0 bridgehead atoms. The molecule has 2 rings (SSSR count). The van der Waals surface area contributed by atoms with Crippen LogP contribution in [0.2, 0.25) is 5.02 Å². The number of nitro groups is 1. The summed E-state index contributed by atoms with van der Waals surface area (Å²) in [5, 5.41) is 20.0. The minimum absolute atomic E-state index is 0.0193. The van der Waals surface area contributed by atoms with Gasteiger partial charge < -0.3 is 9.67 Å². The smallest absolute Gasteiger partial charge is 0.352 e. The van der Waals surface area contributed by atoms with Gasteiger partial charge in [-0.05, 0) is 38.1 Å². The molecule has 0 saturated carbocycles. The Morgan fingerprint density at radius 2 is 2.00 bits per heavy atom. The number of carbonyl (C=O) groups is 1. The van der Waals surface area contributed by atoms with Gasteiger partial charge in [-0.3, -0.25) is 10.1 Å². The third-order valence-corrected chi connectivity index (χ3v) is 3.40. The van der Waals surface area contributed by atoms with E-state index in [0.717, 1.165) is 0 Å². The third-order valence-electron chi connectivity index (χ3n) is 3.09. The number of carboxylic acid groups (broad SMARTS) is 1. The van der Waals surface area contributed by atoms with Gasteiger partial charge in [0.2, 0.25) is 0 Å². The molecular formula is C14H13ClN2O4. The Morgan fingerprint density at radius 3 is 2.48 bits per heavy atom. The molecule has 21 heavy (non-hydrogen) atoms. The van der Waals surface area contributed by atoms with Crippen LogP contribution < -0.4 is 0 Å². The van der Waals surface area contributed by atoms with E-state index in [1.807, 2.05) is 13.8 Å². The maximum Gasteiger partial charge on any atom is 0.352 e. The highest BCUT2D eigenvalue weighted by atomic mass is 35.5. The van der Waals surface area contributed by atoms with Crippen LogP contribution in [-0.2, 0) is 0 Å². The molecule has 0 aliphatic carbocycles. The summed E-state index contributed by atoms with van der Waals surface area (Å²) in [7, 11) is 0. The van der Waals surface area contributed by atoms with Gasteiger partial charge >= 0.3 is 5.97 Å². The molecule has 1 heterocycles. The average Bonchev–Trinajstić information content (AvgIpc) is 2.82. The Kier molecular flexibility index (Phi) is 3.99. The highest BCUT2D eigenvalue weighted by molar-refractivity contribution is 6.32. The van der Waals surface area contributed by atoms with Crippen molar-refractivity contribution in [1.82, 2.24) is 4.57 Å². The van der Waals surface area contributed by atoms with E-state index in [4.69, 9.17) is 11.6 Å². The minimum Gasteiger partial charge on any atom is -0.477 e. The number of rotatable bonds is 4. The van der Waals surface area contributed by atoms with E-state index < -0.39 is 10.9 Å². The standard InChI is InChI=1S/C14H13ClN2O4/c1-8(2)16-11(5-6-13(16)14(18)19)9-3-4-12(17(20)21)10(15)7-9/h3-8H,1-2H3,(H,18,19). The van der Waals surface area contributed by atoms with E-state index in [1.54, 1.807) is 16.7 Å². The molecular weight excluding hydrogens is 296 g/mol.